The molecule has 4 aromatic rings. The minimum Gasteiger partial charge on any atom is -1.00 e. The van der Waals surface area contributed by atoms with E-state index in [9.17, 15) is 0 Å². The van der Waals surface area contributed by atoms with Gasteiger partial charge in [0.2, 0.25) is 0 Å². The first-order valence-corrected chi connectivity index (χ1v) is 13.6. The van der Waals surface area contributed by atoms with Gasteiger partial charge in [-0.2, -0.15) is 46.4 Å². The first kappa shape index (κ1) is 34.7. The average Bonchev–Trinajstić information content (AvgIpc) is 3.40. The van der Waals surface area contributed by atoms with Crippen molar-refractivity contribution >= 4 is 65.5 Å². The van der Waals surface area contributed by atoms with E-state index in [2.05, 4.69) is 68.5 Å². The summed E-state index contributed by atoms with van der Waals surface area (Å²) >= 11 is 0. The number of hydrogen-bond acceptors (Lipinski definition) is 0. The molecule has 0 N–H and O–H groups in total. The van der Waals surface area contributed by atoms with E-state index in [1.165, 1.54) is 32.8 Å². The molecule has 0 aliphatic rings. The van der Waals surface area contributed by atoms with Crippen LogP contribution in [0.4, 0.5) is 0 Å². The average molecular weight is 657 g/mol. The maximum atomic E-state index is 3.11. The zero-order valence-electron chi connectivity index (χ0n) is 12.2. The molecule has 0 aromatic carbocycles. The van der Waals surface area contributed by atoms with Crippen LogP contribution in [0.15, 0.2) is 46.4 Å². The molecule has 4 heterocycles. The van der Waals surface area contributed by atoms with Crippen molar-refractivity contribution in [3.05, 3.63) is 68.5 Å². The van der Waals surface area contributed by atoms with Gasteiger partial charge in [0.15, 0.2) is 0 Å². The van der Waals surface area contributed by atoms with Gasteiger partial charge in [-0.3, -0.25) is 32.8 Å². The Kier molecular flexibility index (Phi) is 44.6. The smallest absolute Gasteiger partial charge is 1.00 e. The molecule has 0 nitrogen and oxygen atoms in total. The van der Waals surface area contributed by atoms with E-state index in [1.807, 2.05) is 0 Å². The Morgan fingerprint density at radius 1 is 0.458 bits per heavy atom. The summed E-state index contributed by atoms with van der Waals surface area (Å²) in [6.07, 6.45) is 0. The zero-order chi connectivity index (χ0) is 14.1. The van der Waals surface area contributed by atoms with Crippen molar-refractivity contribution in [3.8, 4) is 0 Å². The van der Waals surface area contributed by atoms with Crippen molar-refractivity contribution < 1.29 is 77.2 Å². The van der Waals surface area contributed by atoms with Gasteiger partial charge in [0.25, 0.3) is 0 Å². The summed E-state index contributed by atoms with van der Waals surface area (Å²) in [6, 6.07) is 0. The standard InChI is InChI=1S/4C3H3P2.2ClH.2Zr/c4*1-2-5-3-4-1;;;;/h4*1-2,4H;2*1H;;/q4*-1;;;2*+2/p-2. The molecular weight excluding hydrogens is 645 g/mol. The first-order chi connectivity index (χ1) is 10.0. The van der Waals surface area contributed by atoms with Crippen molar-refractivity contribution in [1.82, 2.24) is 0 Å². The van der Waals surface area contributed by atoms with Crippen molar-refractivity contribution in [2.75, 3.05) is 0 Å². The summed E-state index contributed by atoms with van der Waals surface area (Å²) in [6.45, 7) is 0. The third kappa shape index (κ3) is 27.4. The minimum absolute atomic E-state index is 0. The van der Waals surface area contributed by atoms with Gasteiger partial charge in [-0.25, -0.2) is 32.8 Å². The van der Waals surface area contributed by atoms with E-state index in [4.69, 9.17) is 0 Å². The molecule has 0 spiro atoms. The largest absolute Gasteiger partial charge is 2.00 e. The molecule has 0 radical (unpaired) electrons. The summed E-state index contributed by atoms with van der Waals surface area (Å²) in [7, 11) is 8.56. The van der Waals surface area contributed by atoms with Crippen LogP contribution in [0.5, 0.6) is 0 Å². The van der Waals surface area contributed by atoms with Gasteiger partial charge < -0.3 is 24.8 Å². The van der Waals surface area contributed by atoms with Gasteiger partial charge in [0, 0.05) is 0 Å². The summed E-state index contributed by atoms with van der Waals surface area (Å²) < 4.78 is 0. The monoisotopic (exact) mass is 654 g/mol. The summed E-state index contributed by atoms with van der Waals surface area (Å²) in [5.74, 6) is 17.0. The molecule has 0 saturated heterocycles. The van der Waals surface area contributed by atoms with Crippen LogP contribution in [0, 0.1) is 22.1 Å². The van der Waals surface area contributed by atoms with Crippen LogP contribution in [0.2, 0.25) is 0 Å². The second-order valence-corrected chi connectivity index (χ2v) is 11.1. The topological polar surface area (TPSA) is 0 Å². The fourth-order valence-electron chi connectivity index (χ4n) is 0.745. The molecule has 0 amide bonds. The molecule has 4 aromatic heterocycles. The Morgan fingerprint density at radius 2 is 0.667 bits per heavy atom. The fraction of sp³-hybridized carbons (Fsp3) is 0. The van der Waals surface area contributed by atoms with Gasteiger partial charge in [0.1, 0.15) is 0 Å². The second-order valence-electron chi connectivity index (χ2n) is 2.80. The van der Waals surface area contributed by atoms with Crippen molar-refractivity contribution in [2.24, 2.45) is 0 Å². The van der Waals surface area contributed by atoms with Crippen LogP contribution in [-0.2, 0) is 52.4 Å². The van der Waals surface area contributed by atoms with E-state index in [-0.39, 0.29) is 77.2 Å². The summed E-state index contributed by atoms with van der Waals surface area (Å²) in [5.41, 5.74) is 12.4. The number of rotatable bonds is 0. The Morgan fingerprint density at radius 3 is 0.708 bits per heavy atom. The Balaban J connectivity index is -0.000000105. The maximum Gasteiger partial charge on any atom is 2.00 e. The Hall–Kier alpha value is 3.19. The molecule has 0 aliphatic heterocycles. The van der Waals surface area contributed by atoms with Gasteiger partial charge >= 0.3 is 52.4 Å². The molecule has 4 unspecified atom stereocenters. The fourth-order valence-corrected chi connectivity index (χ4v) is 6.71. The van der Waals surface area contributed by atoms with Crippen LogP contribution in [0.25, 0.3) is 0 Å². The van der Waals surface area contributed by atoms with Crippen molar-refractivity contribution in [2.45, 2.75) is 0 Å². The van der Waals surface area contributed by atoms with E-state index < -0.39 is 0 Å². The van der Waals surface area contributed by atoms with E-state index >= 15 is 0 Å². The third-order valence-electron chi connectivity index (χ3n) is 1.45. The molecular formula is C12H12Cl2P8Zr2-2. The van der Waals surface area contributed by atoms with Crippen molar-refractivity contribution in [3.63, 3.8) is 0 Å². The number of hydrogen-bond donors (Lipinski definition) is 0. The van der Waals surface area contributed by atoms with E-state index in [0.717, 1.165) is 32.8 Å². The Bertz CT molecular complexity index is 370. The van der Waals surface area contributed by atoms with Crippen LogP contribution in [-0.4, -0.2) is 0 Å². The normalized spacial score (nSPS) is 9.33. The predicted octanol–water partition coefficient (Wildman–Crippen LogP) is 2.40. The van der Waals surface area contributed by atoms with Gasteiger partial charge in [0.05, 0.1) is 0 Å². The quantitative estimate of drug-likeness (QED) is 0.255. The molecule has 124 valence electrons. The van der Waals surface area contributed by atoms with Gasteiger partial charge in [-0.15, -0.1) is 22.1 Å². The van der Waals surface area contributed by atoms with E-state index in [0.29, 0.717) is 0 Å². The molecule has 0 aliphatic carbocycles. The second kappa shape index (κ2) is 30.9. The first-order valence-electron chi connectivity index (χ1n) is 5.42. The molecule has 4 rings (SSSR count). The van der Waals surface area contributed by atoms with Gasteiger partial charge in [-0.05, 0) is 0 Å². The molecule has 24 heavy (non-hydrogen) atoms. The van der Waals surface area contributed by atoms with Crippen LogP contribution in [0.1, 0.15) is 0 Å². The molecule has 0 fully saturated rings. The van der Waals surface area contributed by atoms with E-state index in [1.54, 1.807) is 0 Å². The zero-order valence-corrected chi connectivity index (χ0v) is 26.2. The molecule has 4 atom stereocenters. The number of halogens is 2. The predicted molar refractivity (Wildman–Crippen MR) is 109 cm³/mol. The third-order valence-corrected chi connectivity index (χ3v) is 9.23. The maximum absolute atomic E-state index is 3.11. The van der Waals surface area contributed by atoms with Gasteiger partial charge in [-0.1, -0.05) is 0 Å². The molecule has 12 heteroatoms. The molecule has 0 bridgehead atoms. The minimum atomic E-state index is 0. The van der Waals surface area contributed by atoms with Crippen LogP contribution >= 0.6 is 65.5 Å². The SMILES string of the molecule is [Cl-].[Cl-].[Zr+2].[Zr+2].[c-]1pcc[pH]1.[c-]1pcc[pH]1.[c-]1pcc[pH]1.[c-]1pcc[pH]1. The van der Waals surface area contributed by atoms with Crippen LogP contribution < -0.4 is 24.8 Å². The molecule has 0 saturated carbocycles. The van der Waals surface area contributed by atoms with Crippen LogP contribution in [0.3, 0.4) is 0 Å². The Labute approximate surface area is 208 Å². The van der Waals surface area contributed by atoms with Crippen molar-refractivity contribution in [1.29, 1.82) is 0 Å². The summed E-state index contributed by atoms with van der Waals surface area (Å²) in [4.78, 5) is 0. The summed E-state index contributed by atoms with van der Waals surface area (Å²) in [5, 5.41) is 0.